The van der Waals surface area contributed by atoms with E-state index < -0.39 is 0 Å². The minimum absolute atomic E-state index is 0.0731. The summed E-state index contributed by atoms with van der Waals surface area (Å²) in [5, 5.41) is 3.06. The minimum Gasteiger partial charge on any atom is -0.372 e. The van der Waals surface area contributed by atoms with Gasteiger partial charge in [-0.05, 0) is 28.7 Å². The van der Waals surface area contributed by atoms with Gasteiger partial charge in [0, 0.05) is 6.54 Å². The first kappa shape index (κ1) is 19.8. The van der Waals surface area contributed by atoms with Crippen LogP contribution in [-0.2, 0) is 29.3 Å². The summed E-state index contributed by atoms with van der Waals surface area (Å²) in [5.74, 6) is -0.0316. The predicted molar refractivity (Wildman–Crippen MR) is 113 cm³/mol. The average molecular weight is 373 g/mol. The van der Waals surface area contributed by atoms with Gasteiger partial charge in [-0.25, -0.2) is 0 Å². The van der Waals surface area contributed by atoms with E-state index in [2.05, 4.69) is 29.6 Å². The molecule has 3 nitrogen and oxygen atoms in total. The molecule has 0 spiro atoms. The maximum Gasteiger partial charge on any atom is 0.227 e. The third kappa shape index (κ3) is 5.80. The molecule has 1 atom stereocenters. The third-order valence-electron chi connectivity index (χ3n) is 4.80. The van der Waals surface area contributed by atoms with Crippen LogP contribution in [0.3, 0.4) is 0 Å². The van der Waals surface area contributed by atoms with E-state index in [0.29, 0.717) is 19.8 Å². The first-order valence-electron chi connectivity index (χ1n) is 9.78. The van der Waals surface area contributed by atoms with Gasteiger partial charge in [0.25, 0.3) is 0 Å². The fourth-order valence-corrected chi connectivity index (χ4v) is 3.18. The highest BCUT2D eigenvalue weighted by Gasteiger charge is 2.17. The van der Waals surface area contributed by atoms with Crippen molar-refractivity contribution in [3.8, 4) is 0 Å². The van der Waals surface area contributed by atoms with Crippen LogP contribution < -0.4 is 5.32 Å². The Morgan fingerprint density at radius 3 is 1.93 bits per heavy atom. The summed E-state index contributed by atoms with van der Waals surface area (Å²) in [7, 11) is 0. The van der Waals surface area contributed by atoms with Crippen molar-refractivity contribution in [3.63, 3.8) is 0 Å². The molecule has 0 radical (unpaired) electrons. The lowest BCUT2D eigenvalue weighted by Crippen LogP contribution is -2.28. The van der Waals surface area contributed by atoms with Gasteiger partial charge in [0.05, 0.1) is 19.1 Å². The Morgan fingerprint density at radius 2 is 1.32 bits per heavy atom. The van der Waals surface area contributed by atoms with E-state index in [1.807, 2.05) is 67.6 Å². The van der Waals surface area contributed by atoms with Gasteiger partial charge >= 0.3 is 0 Å². The molecule has 1 amide bonds. The smallest absolute Gasteiger partial charge is 0.227 e. The first-order chi connectivity index (χ1) is 13.8. The van der Waals surface area contributed by atoms with E-state index in [4.69, 9.17) is 4.74 Å². The molecule has 28 heavy (non-hydrogen) atoms. The molecule has 0 fully saturated rings. The predicted octanol–water partition coefficient (Wildman–Crippen LogP) is 5.21. The van der Waals surface area contributed by atoms with Crippen LogP contribution in [0.5, 0.6) is 0 Å². The Morgan fingerprint density at radius 1 is 0.786 bits per heavy atom. The maximum atomic E-state index is 12.6. The van der Waals surface area contributed by atoms with Crippen molar-refractivity contribution in [1.29, 1.82) is 0 Å². The topological polar surface area (TPSA) is 38.3 Å². The molecule has 3 heteroatoms. The van der Waals surface area contributed by atoms with Gasteiger partial charge < -0.3 is 10.1 Å². The molecule has 0 aliphatic carbocycles. The van der Waals surface area contributed by atoms with Crippen molar-refractivity contribution in [2.45, 2.75) is 39.0 Å². The van der Waals surface area contributed by atoms with Crippen molar-refractivity contribution in [2.75, 3.05) is 0 Å². The summed E-state index contributed by atoms with van der Waals surface area (Å²) in [6.45, 7) is 3.76. The Kier molecular flexibility index (Phi) is 7.39. The average Bonchev–Trinajstić information content (AvgIpc) is 2.75. The Labute approximate surface area is 167 Å². The van der Waals surface area contributed by atoms with Crippen LogP contribution in [0.2, 0.25) is 0 Å². The molecule has 0 aliphatic heterocycles. The summed E-state index contributed by atoms with van der Waals surface area (Å²) in [6, 6.07) is 28.3. The van der Waals surface area contributed by atoms with Gasteiger partial charge in [0.1, 0.15) is 0 Å². The van der Waals surface area contributed by atoms with Crippen molar-refractivity contribution >= 4 is 5.91 Å². The molecule has 0 aromatic heterocycles. The molecule has 1 N–H and O–H groups in total. The molecule has 0 heterocycles. The van der Waals surface area contributed by atoms with E-state index in [-0.39, 0.29) is 11.8 Å². The zero-order valence-corrected chi connectivity index (χ0v) is 16.3. The van der Waals surface area contributed by atoms with Crippen LogP contribution >= 0.6 is 0 Å². The van der Waals surface area contributed by atoms with E-state index >= 15 is 0 Å². The van der Waals surface area contributed by atoms with Gasteiger partial charge in [-0.3, -0.25) is 4.79 Å². The molecule has 1 unspecified atom stereocenters. The zero-order valence-electron chi connectivity index (χ0n) is 16.3. The van der Waals surface area contributed by atoms with Crippen LogP contribution in [0.15, 0.2) is 84.9 Å². The second-order valence-electron chi connectivity index (χ2n) is 6.88. The standard InChI is InChI=1S/C25H27NO2/c1-2-24(23-11-7-4-8-12-23)25(27)26-17-20-13-15-22(16-14-20)19-28-18-21-9-5-3-6-10-21/h3-16,24H,2,17-19H2,1H3,(H,26,27). The summed E-state index contributed by atoms with van der Waals surface area (Å²) < 4.78 is 5.77. The monoisotopic (exact) mass is 373 g/mol. The summed E-state index contributed by atoms with van der Waals surface area (Å²) in [4.78, 5) is 12.6. The minimum atomic E-state index is -0.105. The molecular weight excluding hydrogens is 346 g/mol. The van der Waals surface area contributed by atoms with Crippen molar-refractivity contribution in [1.82, 2.24) is 5.32 Å². The van der Waals surface area contributed by atoms with Gasteiger partial charge in [-0.15, -0.1) is 0 Å². The number of benzene rings is 3. The highest BCUT2D eigenvalue weighted by atomic mass is 16.5. The largest absolute Gasteiger partial charge is 0.372 e. The van der Waals surface area contributed by atoms with Gasteiger partial charge in [0.2, 0.25) is 5.91 Å². The third-order valence-corrected chi connectivity index (χ3v) is 4.80. The van der Waals surface area contributed by atoms with E-state index in [1.165, 1.54) is 5.56 Å². The Hall–Kier alpha value is -2.91. The van der Waals surface area contributed by atoms with Crippen LogP contribution in [0, 0.1) is 0 Å². The number of hydrogen-bond acceptors (Lipinski definition) is 2. The normalized spacial score (nSPS) is 11.8. The highest BCUT2D eigenvalue weighted by Crippen LogP contribution is 2.19. The van der Waals surface area contributed by atoms with Crippen LogP contribution in [-0.4, -0.2) is 5.91 Å². The number of rotatable bonds is 9. The lowest BCUT2D eigenvalue weighted by molar-refractivity contribution is -0.122. The van der Waals surface area contributed by atoms with Crippen molar-refractivity contribution < 1.29 is 9.53 Å². The molecule has 0 bridgehead atoms. The van der Waals surface area contributed by atoms with Crippen LogP contribution in [0.1, 0.15) is 41.5 Å². The SMILES string of the molecule is CCC(C(=O)NCc1ccc(COCc2ccccc2)cc1)c1ccccc1. The highest BCUT2D eigenvalue weighted by molar-refractivity contribution is 5.83. The lowest BCUT2D eigenvalue weighted by Gasteiger charge is -2.15. The second-order valence-corrected chi connectivity index (χ2v) is 6.88. The Bertz CT molecular complexity index is 845. The number of hydrogen-bond donors (Lipinski definition) is 1. The van der Waals surface area contributed by atoms with Crippen LogP contribution in [0.4, 0.5) is 0 Å². The summed E-state index contributed by atoms with van der Waals surface area (Å²) >= 11 is 0. The molecule has 3 aromatic carbocycles. The van der Waals surface area contributed by atoms with E-state index in [1.54, 1.807) is 0 Å². The number of carbonyl (C=O) groups is 1. The zero-order chi connectivity index (χ0) is 19.6. The molecule has 0 saturated carbocycles. The van der Waals surface area contributed by atoms with Crippen LogP contribution in [0.25, 0.3) is 0 Å². The number of amides is 1. The van der Waals surface area contributed by atoms with Gasteiger partial charge in [-0.2, -0.15) is 0 Å². The first-order valence-corrected chi connectivity index (χ1v) is 9.78. The number of nitrogens with one attached hydrogen (secondary N) is 1. The molecule has 0 saturated heterocycles. The fourth-order valence-electron chi connectivity index (χ4n) is 3.18. The maximum absolute atomic E-state index is 12.6. The van der Waals surface area contributed by atoms with E-state index in [0.717, 1.165) is 23.1 Å². The van der Waals surface area contributed by atoms with Crippen molar-refractivity contribution in [2.24, 2.45) is 0 Å². The number of ether oxygens (including phenoxy) is 1. The molecule has 3 aromatic rings. The molecule has 144 valence electrons. The molecular formula is C25H27NO2. The molecule has 0 aliphatic rings. The quantitative estimate of drug-likeness (QED) is 0.559. The van der Waals surface area contributed by atoms with E-state index in [9.17, 15) is 4.79 Å². The number of carbonyl (C=O) groups excluding carboxylic acids is 1. The van der Waals surface area contributed by atoms with Gasteiger partial charge in [-0.1, -0.05) is 91.9 Å². The summed E-state index contributed by atoms with van der Waals surface area (Å²) in [6.07, 6.45) is 0.785. The fraction of sp³-hybridized carbons (Fsp3) is 0.240. The molecule has 3 rings (SSSR count). The summed E-state index contributed by atoms with van der Waals surface area (Å²) in [5.41, 5.74) is 4.45. The van der Waals surface area contributed by atoms with Crippen molar-refractivity contribution in [3.05, 3.63) is 107 Å². The Balaban J connectivity index is 1.46. The lowest BCUT2D eigenvalue weighted by atomic mass is 9.95. The van der Waals surface area contributed by atoms with Gasteiger partial charge in [0.15, 0.2) is 0 Å². The second kappa shape index (κ2) is 10.4.